The number of hydrogen-bond acceptors (Lipinski definition) is 3. The van der Waals surface area contributed by atoms with Crippen molar-refractivity contribution in [1.29, 1.82) is 0 Å². The smallest absolute Gasteiger partial charge is 0.306 e. The first-order valence-corrected chi connectivity index (χ1v) is 7.67. The third kappa shape index (κ3) is 3.07. The zero-order chi connectivity index (χ0) is 16.6. The van der Waals surface area contributed by atoms with Gasteiger partial charge in [0.2, 0.25) is 0 Å². The average molecular weight is 316 g/mol. The van der Waals surface area contributed by atoms with Gasteiger partial charge in [0.25, 0.3) is 5.91 Å². The molecule has 6 heteroatoms. The maximum absolute atomic E-state index is 12.7. The van der Waals surface area contributed by atoms with Gasteiger partial charge in [-0.05, 0) is 37.6 Å². The standard InChI is InChI=1S/C17H20N2O4/c1-10-11(2)18-15-4-3-12(7-14(10)15)17(22)19-5-6-23-13(9-19)8-16(20)21/h3-4,7,13,18H,5-6,8-9H2,1-2H3,(H,20,21). The highest BCUT2D eigenvalue weighted by atomic mass is 16.5. The number of rotatable bonds is 3. The fourth-order valence-corrected chi connectivity index (χ4v) is 3.00. The molecular formula is C17H20N2O4. The number of ether oxygens (including phenoxy) is 1. The number of amides is 1. The molecule has 122 valence electrons. The van der Waals surface area contributed by atoms with Gasteiger partial charge in [0.15, 0.2) is 0 Å². The average Bonchev–Trinajstić information content (AvgIpc) is 2.81. The molecule has 1 atom stereocenters. The molecule has 3 rings (SSSR count). The van der Waals surface area contributed by atoms with Crippen LogP contribution in [-0.2, 0) is 9.53 Å². The molecule has 0 aliphatic carbocycles. The Labute approximate surface area is 134 Å². The van der Waals surface area contributed by atoms with Crippen LogP contribution in [0.3, 0.4) is 0 Å². The highest BCUT2D eigenvalue weighted by Crippen LogP contribution is 2.23. The van der Waals surface area contributed by atoms with E-state index in [0.29, 0.717) is 25.3 Å². The van der Waals surface area contributed by atoms with Crippen molar-refractivity contribution in [3.63, 3.8) is 0 Å². The van der Waals surface area contributed by atoms with E-state index in [0.717, 1.165) is 22.2 Å². The Hall–Kier alpha value is -2.34. The molecule has 0 saturated carbocycles. The Bertz CT molecular complexity index is 765. The number of aryl methyl sites for hydroxylation is 2. The normalized spacial score (nSPS) is 18.3. The van der Waals surface area contributed by atoms with Crippen molar-refractivity contribution in [2.75, 3.05) is 19.7 Å². The largest absolute Gasteiger partial charge is 0.481 e. The van der Waals surface area contributed by atoms with E-state index in [-0.39, 0.29) is 12.3 Å². The van der Waals surface area contributed by atoms with Crippen LogP contribution < -0.4 is 0 Å². The molecule has 1 saturated heterocycles. The van der Waals surface area contributed by atoms with E-state index in [1.54, 1.807) is 4.90 Å². The van der Waals surface area contributed by atoms with E-state index < -0.39 is 12.1 Å². The third-order valence-corrected chi connectivity index (χ3v) is 4.38. The van der Waals surface area contributed by atoms with E-state index in [1.807, 2.05) is 32.0 Å². The number of aliphatic carboxylic acids is 1. The fourth-order valence-electron chi connectivity index (χ4n) is 3.00. The molecule has 1 unspecified atom stereocenters. The molecule has 23 heavy (non-hydrogen) atoms. The van der Waals surface area contributed by atoms with Crippen molar-refractivity contribution in [3.05, 3.63) is 35.0 Å². The number of carbonyl (C=O) groups is 2. The van der Waals surface area contributed by atoms with Gasteiger partial charge >= 0.3 is 5.97 Å². The highest BCUT2D eigenvalue weighted by Gasteiger charge is 2.26. The number of benzene rings is 1. The second-order valence-corrected chi connectivity index (χ2v) is 5.98. The number of aromatic nitrogens is 1. The van der Waals surface area contributed by atoms with Gasteiger partial charge in [-0.15, -0.1) is 0 Å². The van der Waals surface area contributed by atoms with Gasteiger partial charge in [0, 0.05) is 35.2 Å². The second kappa shape index (κ2) is 6.04. The number of fused-ring (bicyclic) bond motifs is 1. The first kappa shape index (κ1) is 15.6. The Morgan fingerprint density at radius 1 is 1.39 bits per heavy atom. The summed E-state index contributed by atoms with van der Waals surface area (Å²) in [7, 11) is 0. The lowest BCUT2D eigenvalue weighted by molar-refractivity contribution is -0.141. The highest BCUT2D eigenvalue weighted by molar-refractivity contribution is 5.99. The van der Waals surface area contributed by atoms with Crippen molar-refractivity contribution < 1.29 is 19.4 Å². The van der Waals surface area contributed by atoms with Crippen LogP contribution in [0.1, 0.15) is 28.0 Å². The van der Waals surface area contributed by atoms with Gasteiger partial charge < -0.3 is 19.7 Å². The van der Waals surface area contributed by atoms with Crippen molar-refractivity contribution in [3.8, 4) is 0 Å². The summed E-state index contributed by atoms with van der Waals surface area (Å²) >= 11 is 0. The lowest BCUT2D eigenvalue weighted by Gasteiger charge is -2.32. The van der Waals surface area contributed by atoms with Crippen LogP contribution >= 0.6 is 0 Å². The lowest BCUT2D eigenvalue weighted by Crippen LogP contribution is -2.46. The Balaban J connectivity index is 1.82. The molecule has 1 fully saturated rings. The molecule has 0 spiro atoms. The number of nitrogens with zero attached hydrogens (tertiary/aromatic N) is 1. The van der Waals surface area contributed by atoms with E-state index in [9.17, 15) is 9.59 Å². The van der Waals surface area contributed by atoms with Crippen molar-refractivity contribution in [2.24, 2.45) is 0 Å². The molecule has 1 aromatic carbocycles. The first-order chi connectivity index (χ1) is 11.0. The van der Waals surface area contributed by atoms with Gasteiger partial charge in [-0.1, -0.05) is 0 Å². The Kier molecular flexibility index (Phi) is 4.09. The molecule has 1 aliphatic rings. The summed E-state index contributed by atoms with van der Waals surface area (Å²) in [5.74, 6) is -0.993. The number of morpholine rings is 1. The van der Waals surface area contributed by atoms with E-state index in [2.05, 4.69) is 4.98 Å². The summed E-state index contributed by atoms with van der Waals surface area (Å²) in [5, 5.41) is 9.92. The number of carboxylic acids is 1. The molecule has 6 nitrogen and oxygen atoms in total. The zero-order valence-electron chi connectivity index (χ0n) is 13.3. The predicted molar refractivity (Wildman–Crippen MR) is 85.7 cm³/mol. The van der Waals surface area contributed by atoms with Crippen LogP contribution in [0.5, 0.6) is 0 Å². The van der Waals surface area contributed by atoms with E-state index in [4.69, 9.17) is 9.84 Å². The first-order valence-electron chi connectivity index (χ1n) is 7.67. The van der Waals surface area contributed by atoms with Crippen LogP contribution in [0.25, 0.3) is 10.9 Å². The summed E-state index contributed by atoms with van der Waals surface area (Å²) in [4.78, 5) is 28.5. The molecule has 2 N–H and O–H groups in total. The van der Waals surface area contributed by atoms with E-state index in [1.165, 1.54) is 0 Å². The summed E-state index contributed by atoms with van der Waals surface area (Å²) in [6, 6.07) is 5.62. The van der Waals surface area contributed by atoms with Gasteiger partial charge in [0.05, 0.1) is 19.1 Å². The van der Waals surface area contributed by atoms with Crippen LogP contribution in [0, 0.1) is 13.8 Å². The van der Waals surface area contributed by atoms with Crippen LogP contribution in [0.2, 0.25) is 0 Å². The molecule has 0 bridgehead atoms. The van der Waals surface area contributed by atoms with Crippen LogP contribution in [0.15, 0.2) is 18.2 Å². The minimum absolute atomic E-state index is 0.0798. The van der Waals surface area contributed by atoms with Crippen molar-refractivity contribution >= 4 is 22.8 Å². The molecule has 2 heterocycles. The number of aromatic amines is 1. The number of nitrogens with one attached hydrogen (secondary N) is 1. The number of H-pyrrole nitrogens is 1. The molecule has 1 aromatic heterocycles. The second-order valence-electron chi connectivity index (χ2n) is 5.98. The van der Waals surface area contributed by atoms with E-state index >= 15 is 0 Å². The fraction of sp³-hybridized carbons (Fsp3) is 0.412. The van der Waals surface area contributed by atoms with Crippen LogP contribution in [-0.4, -0.2) is 52.7 Å². The zero-order valence-corrected chi connectivity index (χ0v) is 13.3. The molecule has 1 amide bonds. The topological polar surface area (TPSA) is 82.6 Å². The predicted octanol–water partition coefficient (Wildman–Crippen LogP) is 2.10. The Morgan fingerprint density at radius 2 is 2.17 bits per heavy atom. The number of carbonyl (C=O) groups excluding carboxylic acids is 1. The molecule has 1 aliphatic heterocycles. The van der Waals surface area contributed by atoms with Gasteiger partial charge in [-0.3, -0.25) is 9.59 Å². The SMILES string of the molecule is Cc1[nH]c2ccc(C(=O)N3CCOC(CC(=O)O)C3)cc2c1C. The van der Waals surface area contributed by atoms with Crippen molar-refractivity contribution in [1.82, 2.24) is 9.88 Å². The van der Waals surface area contributed by atoms with Gasteiger partial charge in [-0.25, -0.2) is 0 Å². The Morgan fingerprint density at radius 3 is 2.91 bits per heavy atom. The summed E-state index contributed by atoms with van der Waals surface area (Å²) in [5.41, 5.74) is 3.87. The molecule has 2 aromatic rings. The maximum atomic E-state index is 12.7. The van der Waals surface area contributed by atoms with Gasteiger partial charge in [0.1, 0.15) is 0 Å². The summed E-state index contributed by atoms with van der Waals surface area (Å²) in [6.45, 7) is 5.20. The minimum Gasteiger partial charge on any atom is -0.481 e. The summed E-state index contributed by atoms with van der Waals surface area (Å²) < 4.78 is 5.42. The van der Waals surface area contributed by atoms with Crippen molar-refractivity contribution in [2.45, 2.75) is 26.4 Å². The molecule has 0 radical (unpaired) electrons. The number of hydrogen-bond donors (Lipinski definition) is 2. The third-order valence-electron chi connectivity index (χ3n) is 4.38. The van der Waals surface area contributed by atoms with Gasteiger partial charge in [-0.2, -0.15) is 0 Å². The maximum Gasteiger partial charge on any atom is 0.306 e. The summed E-state index contributed by atoms with van der Waals surface area (Å²) in [6.07, 6.45) is -0.524. The number of carboxylic acid groups (broad SMARTS) is 1. The quantitative estimate of drug-likeness (QED) is 0.908. The monoisotopic (exact) mass is 316 g/mol. The minimum atomic E-state index is -0.913. The lowest BCUT2D eigenvalue weighted by atomic mass is 10.1. The van der Waals surface area contributed by atoms with Crippen LogP contribution in [0.4, 0.5) is 0 Å². The molecular weight excluding hydrogens is 296 g/mol.